The van der Waals surface area contributed by atoms with Gasteiger partial charge in [0.05, 0.1) is 30.3 Å². The highest BCUT2D eigenvalue weighted by Gasteiger charge is 2.35. The van der Waals surface area contributed by atoms with Crippen molar-refractivity contribution in [2.75, 3.05) is 11.5 Å². The van der Waals surface area contributed by atoms with Gasteiger partial charge in [-0.3, -0.25) is 9.13 Å². The highest BCUT2D eigenvalue weighted by Crippen LogP contribution is 2.42. The molecule has 0 amide bonds. The Morgan fingerprint density at radius 3 is 2.65 bits per heavy atom. The number of rotatable bonds is 9. The zero-order valence-electron chi connectivity index (χ0n) is 22.9. The smallest absolute Gasteiger partial charge is 0.237 e. The van der Waals surface area contributed by atoms with Gasteiger partial charge >= 0.3 is 0 Å². The van der Waals surface area contributed by atoms with Gasteiger partial charge in [0.1, 0.15) is 30.4 Å². The van der Waals surface area contributed by atoms with Crippen LogP contribution in [-0.2, 0) is 11.5 Å². The number of halogens is 1. The number of imidazole rings is 1. The molecule has 0 bridgehead atoms. The third-order valence-corrected chi connectivity index (χ3v) is 8.58. The van der Waals surface area contributed by atoms with Gasteiger partial charge in [0, 0.05) is 32.6 Å². The van der Waals surface area contributed by atoms with E-state index >= 15 is 0 Å². The number of anilines is 2. The van der Waals surface area contributed by atoms with E-state index in [1.807, 2.05) is 17.0 Å². The van der Waals surface area contributed by atoms with Gasteiger partial charge in [-0.25, -0.2) is 19.0 Å². The molecule has 1 aliphatic heterocycles. The van der Waals surface area contributed by atoms with Crippen LogP contribution in [0, 0.1) is 5.82 Å². The van der Waals surface area contributed by atoms with Crippen LogP contribution in [0.4, 0.5) is 15.9 Å². The lowest BCUT2D eigenvalue weighted by Crippen LogP contribution is -2.32. The summed E-state index contributed by atoms with van der Waals surface area (Å²) in [7, 11) is -1.17. The third-order valence-electron chi connectivity index (χ3n) is 6.87. The Labute approximate surface area is 232 Å². The lowest BCUT2D eigenvalue weighted by Gasteiger charge is -2.35. The summed E-state index contributed by atoms with van der Waals surface area (Å²) in [6, 6.07) is 7.18. The van der Waals surface area contributed by atoms with Crippen LogP contribution in [0.2, 0.25) is 25.7 Å². The number of nitrogens with zero attached hydrogens (tertiary/aromatic N) is 10. The lowest BCUT2D eigenvalue weighted by atomic mass is 10.1. The Morgan fingerprint density at radius 1 is 1.05 bits per heavy atom. The van der Waals surface area contributed by atoms with Crippen LogP contribution in [0.15, 0.2) is 61.6 Å². The Morgan fingerprint density at radius 2 is 1.88 bits per heavy atom. The molecule has 0 aliphatic carbocycles. The molecule has 1 aliphatic rings. The van der Waals surface area contributed by atoms with Gasteiger partial charge in [-0.2, -0.15) is 10.1 Å². The molecule has 40 heavy (non-hydrogen) atoms. The van der Waals surface area contributed by atoms with Crippen LogP contribution < -0.4 is 4.90 Å². The minimum Gasteiger partial charge on any atom is -0.360 e. The van der Waals surface area contributed by atoms with Crippen molar-refractivity contribution in [3.05, 3.63) is 73.2 Å². The van der Waals surface area contributed by atoms with Gasteiger partial charge in [-0.15, -0.1) is 10.2 Å². The molecule has 206 valence electrons. The van der Waals surface area contributed by atoms with Crippen LogP contribution >= 0.6 is 0 Å². The predicted molar refractivity (Wildman–Crippen MR) is 151 cm³/mol. The number of fused-ring (bicyclic) bond motifs is 3. The maximum Gasteiger partial charge on any atom is 0.237 e. The van der Waals surface area contributed by atoms with E-state index in [2.05, 4.69) is 56.7 Å². The van der Waals surface area contributed by atoms with Crippen molar-refractivity contribution in [3.8, 4) is 23.0 Å². The van der Waals surface area contributed by atoms with Crippen molar-refractivity contribution in [2.24, 2.45) is 0 Å². The first kappa shape index (κ1) is 26.0. The SMILES string of the molecule is CCC1c2nncn2-c2cnc(-n3ccnc3-c3ccc(F)cc3)nc2N1c1cnn(COCC[Si](C)(C)C)c1. The molecule has 1 atom stereocenters. The molecule has 11 nitrogen and oxygen atoms in total. The molecule has 0 spiro atoms. The van der Waals surface area contributed by atoms with Crippen LogP contribution in [0.3, 0.4) is 0 Å². The van der Waals surface area contributed by atoms with Crippen molar-refractivity contribution >= 4 is 19.6 Å². The Bertz CT molecular complexity index is 1620. The van der Waals surface area contributed by atoms with Gasteiger partial charge in [-0.1, -0.05) is 26.6 Å². The highest BCUT2D eigenvalue weighted by atomic mass is 28.3. The Hall–Kier alpha value is -4.23. The molecule has 1 aromatic carbocycles. The number of hydrogen-bond donors (Lipinski definition) is 0. The maximum atomic E-state index is 13.6. The quantitative estimate of drug-likeness (QED) is 0.180. The molecular formula is C27H31FN10OSi. The Balaban J connectivity index is 1.37. The lowest BCUT2D eigenvalue weighted by molar-refractivity contribution is 0.0786. The summed E-state index contributed by atoms with van der Waals surface area (Å²) < 4.78 is 25.0. The maximum absolute atomic E-state index is 13.6. The summed E-state index contributed by atoms with van der Waals surface area (Å²) in [5, 5.41) is 13.2. The molecule has 0 saturated carbocycles. The van der Waals surface area contributed by atoms with Crippen molar-refractivity contribution in [1.29, 1.82) is 0 Å². The minimum atomic E-state index is -1.17. The molecule has 13 heteroatoms. The van der Waals surface area contributed by atoms with Crippen molar-refractivity contribution in [3.63, 3.8) is 0 Å². The molecular weight excluding hydrogens is 527 g/mol. The molecule has 5 aromatic rings. The first-order chi connectivity index (χ1) is 19.3. The molecule has 1 unspecified atom stereocenters. The number of hydrogen-bond acceptors (Lipinski definition) is 8. The molecule has 0 N–H and O–H groups in total. The van der Waals surface area contributed by atoms with Crippen LogP contribution in [-0.4, -0.2) is 58.7 Å². The standard InChI is InChI=1S/C27H31FN10OSi/c1-5-22-26-34-31-17-37(26)23-15-30-27(36-11-10-29-24(36)19-6-8-20(28)9-7-19)33-25(23)38(22)21-14-32-35(16-21)18-39-12-13-40(2,3)4/h6-11,14-17,22H,5,12-13,18H2,1-4H3. The summed E-state index contributed by atoms with van der Waals surface area (Å²) >= 11 is 0. The summed E-state index contributed by atoms with van der Waals surface area (Å²) in [6.45, 7) is 10.2. The van der Waals surface area contributed by atoms with Gasteiger partial charge < -0.3 is 9.64 Å². The zero-order chi connectivity index (χ0) is 27.9. The molecule has 4 aromatic heterocycles. The predicted octanol–water partition coefficient (Wildman–Crippen LogP) is 5.16. The summed E-state index contributed by atoms with van der Waals surface area (Å²) in [4.78, 5) is 16.3. The van der Waals surface area contributed by atoms with Gasteiger partial charge in [-0.05, 0) is 36.7 Å². The van der Waals surface area contributed by atoms with E-state index in [9.17, 15) is 4.39 Å². The fraction of sp³-hybridized carbons (Fsp3) is 0.333. The van der Waals surface area contributed by atoms with E-state index in [0.717, 1.165) is 41.8 Å². The fourth-order valence-electron chi connectivity index (χ4n) is 4.77. The third kappa shape index (κ3) is 4.93. The molecule has 6 rings (SSSR count). The molecule has 0 saturated heterocycles. The number of aromatic nitrogens is 9. The van der Waals surface area contributed by atoms with Crippen LogP contribution in [0.25, 0.3) is 23.0 Å². The van der Waals surface area contributed by atoms with E-state index in [4.69, 9.17) is 9.72 Å². The summed E-state index contributed by atoms with van der Waals surface area (Å²) in [5.74, 6) is 2.25. The highest BCUT2D eigenvalue weighted by molar-refractivity contribution is 6.76. The van der Waals surface area contributed by atoms with Gasteiger partial charge in [0.15, 0.2) is 11.6 Å². The normalized spacial score (nSPS) is 14.8. The average Bonchev–Trinajstić information content (AvgIpc) is 3.71. The summed E-state index contributed by atoms with van der Waals surface area (Å²) in [6.07, 6.45) is 11.5. The number of ether oxygens (including phenoxy) is 1. The monoisotopic (exact) mass is 558 g/mol. The van der Waals surface area contributed by atoms with Crippen LogP contribution in [0.5, 0.6) is 0 Å². The number of benzene rings is 1. The van der Waals surface area contributed by atoms with Gasteiger partial charge in [0.25, 0.3) is 0 Å². The second-order valence-corrected chi connectivity index (χ2v) is 16.6. The zero-order valence-corrected chi connectivity index (χ0v) is 23.9. The molecule has 0 radical (unpaired) electrons. The van der Waals surface area contributed by atoms with Crippen LogP contribution in [0.1, 0.15) is 25.2 Å². The molecule has 0 fully saturated rings. The molecule has 5 heterocycles. The minimum absolute atomic E-state index is 0.123. The largest absolute Gasteiger partial charge is 0.360 e. The first-order valence-electron chi connectivity index (χ1n) is 13.3. The average molecular weight is 559 g/mol. The van der Waals surface area contributed by atoms with E-state index in [0.29, 0.717) is 24.3 Å². The van der Waals surface area contributed by atoms with E-state index < -0.39 is 8.07 Å². The van der Waals surface area contributed by atoms with Crippen molar-refractivity contribution in [1.82, 2.24) is 44.1 Å². The fourth-order valence-corrected chi connectivity index (χ4v) is 5.53. The second-order valence-electron chi connectivity index (χ2n) is 10.9. The van der Waals surface area contributed by atoms with Crippen molar-refractivity contribution in [2.45, 2.75) is 51.8 Å². The topological polar surface area (TPSA) is 105 Å². The van der Waals surface area contributed by atoms with Gasteiger partial charge in [0.2, 0.25) is 5.95 Å². The second kappa shape index (κ2) is 10.4. The van der Waals surface area contributed by atoms with E-state index in [-0.39, 0.29) is 11.9 Å². The first-order valence-corrected chi connectivity index (χ1v) is 17.0. The summed E-state index contributed by atoms with van der Waals surface area (Å²) in [5.41, 5.74) is 2.38. The van der Waals surface area contributed by atoms with E-state index in [1.165, 1.54) is 12.1 Å². The van der Waals surface area contributed by atoms with Crippen molar-refractivity contribution < 1.29 is 9.13 Å². The van der Waals surface area contributed by atoms with E-state index in [1.54, 1.807) is 46.3 Å². The Kier molecular flexibility index (Phi) is 6.76.